The van der Waals surface area contributed by atoms with Gasteiger partial charge < -0.3 is 19.9 Å². The van der Waals surface area contributed by atoms with Crippen molar-refractivity contribution in [1.82, 2.24) is 9.88 Å². The third-order valence-corrected chi connectivity index (χ3v) is 5.67. The maximum Gasteiger partial charge on any atom is 0.229 e. The highest BCUT2D eigenvalue weighted by Crippen LogP contribution is 2.31. The van der Waals surface area contributed by atoms with Crippen molar-refractivity contribution in [2.75, 3.05) is 50.6 Å². The highest BCUT2D eigenvalue weighted by atomic mass is 19.1. The Kier molecular flexibility index (Phi) is 6.66. The molecule has 32 heavy (non-hydrogen) atoms. The first-order valence-electron chi connectivity index (χ1n) is 10.6. The largest absolute Gasteiger partial charge is 0.496 e. The van der Waals surface area contributed by atoms with Gasteiger partial charge in [0.2, 0.25) is 5.91 Å². The molecule has 0 radical (unpaired) electrons. The van der Waals surface area contributed by atoms with Crippen molar-refractivity contribution in [2.24, 2.45) is 0 Å². The summed E-state index contributed by atoms with van der Waals surface area (Å²) in [5, 5.41) is 2.85. The number of aromatic nitrogens is 1. The average Bonchev–Trinajstić information content (AvgIpc) is 2.80. The zero-order chi connectivity index (χ0) is 22.5. The Morgan fingerprint density at radius 3 is 2.53 bits per heavy atom. The monoisotopic (exact) mass is 434 g/mol. The lowest BCUT2D eigenvalue weighted by atomic mass is 10.1. The Balaban J connectivity index is 1.40. The van der Waals surface area contributed by atoms with Crippen molar-refractivity contribution in [1.29, 1.82) is 0 Å². The smallest absolute Gasteiger partial charge is 0.229 e. The number of nitrogens with zero attached hydrogens (tertiary/aromatic N) is 3. The number of halogens is 1. The minimum absolute atomic E-state index is 0.145. The molecule has 2 aromatic carbocycles. The lowest BCUT2D eigenvalue weighted by molar-refractivity contribution is -0.115. The highest BCUT2D eigenvalue weighted by Gasteiger charge is 2.15. The van der Waals surface area contributed by atoms with Crippen molar-refractivity contribution in [3.63, 3.8) is 0 Å². The average molecular weight is 435 g/mol. The van der Waals surface area contributed by atoms with Crippen LogP contribution in [0.1, 0.15) is 5.56 Å². The molecule has 1 aliphatic rings. The number of methoxy groups -OCH3 is 1. The molecule has 2 heterocycles. The van der Waals surface area contributed by atoms with E-state index in [-0.39, 0.29) is 18.1 Å². The molecule has 0 atom stereocenters. The number of hydrogen-bond acceptors (Lipinski definition) is 5. The van der Waals surface area contributed by atoms with E-state index in [2.05, 4.69) is 39.3 Å². The molecule has 7 heteroatoms. The quantitative estimate of drug-likeness (QED) is 0.639. The molecule has 1 aliphatic heterocycles. The summed E-state index contributed by atoms with van der Waals surface area (Å²) in [4.78, 5) is 21.5. The fourth-order valence-corrected chi connectivity index (χ4v) is 3.83. The second-order valence-electron chi connectivity index (χ2n) is 7.96. The first-order valence-corrected chi connectivity index (χ1v) is 10.6. The van der Waals surface area contributed by atoms with Crippen molar-refractivity contribution in [2.45, 2.75) is 6.42 Å². The molecule has 1 amide bonds. The van der Waals surface area contributed by atoms with Crippen LogP contribution in [0.2, 0.25) is 0 Å². The minimum atomic E-state index is -0.369. The van der Waals surface area contributed by atoms with E-state index < -0.39 is 0 Å². The van der Waals surface area contributed by atoms with Crippen LogP contribution < -0.4 is 15.0 Å². The lowest BCUT2D eigenvalue weighted by Crippen LogP contribution is -2.44. The Labute approximate surface area is 187 Å². The number of carbonyl (C=O) groups excluding carboxylic acids is 1. The Hall–Kier alpha value is -3.45. The van der Waals surface area contributed by atoms with Gasteiger partial charge >= 0.3 is 0 Å². The SMILES string of the molecule is COc1cc(F)ccc1-c1ccnc(NC(=O)Cc2ccc(N3CCN(C)CC3)cc2)c1. The number of pyridine rings is 1. The van der Waals surface area contributed by atoms with Crippen LogP contribution in [-0.2, 0) is 11.2 Å². The molecular formula is C25H27FN4O2. The van der Waals surface area contributed by atoms with Gasteiger partial charge in [-0.25, -0.2) is 9.37 Å². The zero-order valence-corrected chi connectivity index (χ0v) is 18.3. The van der Waals surface area contributed by atoms with Gasteiger partial charge in [-0.1, -0.05) is 12.1 Å². The summed E-state index contributed by atoms with van der Waals surface area (Å²) in [5.41, 5.74) is 3.64. The number of nitrogens with one attached hydrogen (secondary N) is 1. The maximum absolute atomic E-state index is 13.5. The summed E-state index contributed by atoms with van der Waals surface area (Å²) in [5.74, 6) is 0.349. The molecule has 0 aliphatic carbocycles. The predicted molar refractivity (Wildman–Crippen MR) is 125 cm³/mol. The number of hydrogen-bond donors (Lipinski definition) is 1. The molecule has 1 fully saturated rings. The molecule has 0 bridgehead atoms. The van der Waals surface area contributed by atoms with Gasteiger partial charge in [-0.3, -0.25) is 4.79 Å². The fourth-order valence-electron chi connectivity index (χ4n) is 3.83. The van der Waals surface area contributed by atoms with Crippen molar-refractivity contribution in [3.8, 4) is 16.9 Å². The predicted octanol–water partition coefficient (Wildman–Crippen LogP) is 3.83. The second kappa shape index (κ2) is 9.78. The summed E-state index contributed by atoms with van der Waals surface area (Å²) in [6.45, 7) is 4.13. The standard InChI is InChI=1S/C25H27FN4O2/c1-29-11-13-30(14-12-29)21-6-3-18(4-7-21)15-25(31)28-24-16-19(9-10-27-24)22-8-5-20(26)17-23(22)32-2/h3-10,16-17H,11-15H2,1-2H3,(H,27,28,31). The molecule has 1 N–H and O–H groups in total. The van der Waals surface area contributed by atoms with E-state index in [0.29, 0.717) is 11.6 Å². The van der Waals surface area contributed by atoms with Crippen LogP contribution in [0.25, 0.3) is 11.1 Å². The summed E-state index contributed by atoms with van der Waals surface area (Å²) in [6, 6.07) is 16.1. The maximum atomic E-state index is 13.5. The molecule has 0 saturated carbocycles. The summed E-state index contributed by atoms with van der Waals surface area (Å²) >= 11 is 0. The third kappa shape index (κ3) is 5.23. The molecule has 166 valence electrons. The lowest BCUT2D eigenvalue weighted by Gasteiger charge is -2.34. The van der Waals surface area contributed by atoms with E-state index in [4.69, 9.17) is 4.74 Å². The molecule has 0 unspecified atom stereocenters. The van der Waals surface area contributed by atoms with Crippen LogP contribution in [0.5, 0.6) is 5.75 Å². The molecule has 1 aromatic heterocycles. The van der Waals surface area contributed by atoms with E-state index in [1.54, 1.807) is 24.4 Å². The Morgan fingerprint density at radius 2 is 1.81 bits per heavy atom. The summed E-state index contributed by atoms with van der Waals surface area (Å²) in [7, 11) is 3.64. The molecule has 0 spiro atoms. The zero-order valence-electron chi connectivity index (χ0n) is 18.3. The van der Waals surface area contributed by atoms with Gasteiger partial charge in [-0.2, -0.15) is 0 Å². The topological polar surface area (TPSA) is 57.7 Å². The van der Waals surface area contributed by atoms with Gasteiger partial charge in [0.15, 0.2) is 0 Å². The minimum Gasteiger partial charge on any atom is -0.496 e. The number of likely N-dealkylation sites (N-methyl/N-ethyl adjacent to an activating group) is 1. The first kappa shape index (κ1) is 21.8. The van der Waals surface area contributed by atoms with Crippen LogP contribution in [0.3, 0.4) is 0 Å². The van der Waals surface area contributed by atoms with Crippen molar-refractivity contribution < 1.29 is 13.9 Å². The fraction of sp³-hybridized carbons (Fsp3) is 0.280. The van der Waals surface area contributed by atoms with Gasteiger partial charge in [0.1, 0.15) is 17.4 Å². The molecule has 6 nitrogen and oxygen atoms in total. The van der Waals surface area contributed by atoms with Crippen molar-refractivity contribution in [3.05, 3.63) is 72.2 Å². The van der Waals surface area contributed by atoms with Gasteiger partial charge in [0.25, 0.3) is 0 Å². The Bertz CT molecular complexity index is 1080. The highest BCUT2D eigenvalue weighted by molar-refractivity contribution is 5.92. The van der Waals surface area contributed by atoms with E-state index in [1.807, 2.05) is 12.1 Å². The van der Waals surface area contributed by atoms with Crippen LogP contribution in [0, 0.1) is 5.82 Å². The van der Waals surface area contributed by atoms with Gasteiger partial charge in [0, 0.05) is 49.7 Å². The van der Waals surface area contributed by atoms with Crippen LogP contribution >= 0.6 is 0 Å². The number of carbonyl (C=O) groups is 1. The molecule has 3 aromatic rings. The van der Waals surface area contributed by atoms with Crippen LogP contribution in [-0.4, -0.2) is 56.1 Å². The van der Waals surface area contributed by atoms with E-state index >= 15 is 0 Å². The number of anilines is 2. The number of rotatable bonds is 6. The van der Waals surface area contributed by atoms with Crippen LogP contribution in [0.15, 0.2) is 60.8 Å². The summed E-state index contributed by atoms with van der Waals surface area (Å²) < 4.78 is 18.8. The van der Waals surface area contributed by atoms with Crippen molar-refractivity contribution >= 4 is 17.4 Å². The summed E-state index contributed by atoms with van der Waals surface area (Å²) in [6.07, 6.45) is 1.87. The van der Waals surface area contributed by atoms with Gasteiger partial charge in [-0.15, -0.1) is 0 Å². The first-order chi connectivity index (χ1) is 15.5. The molecule has 1 saturated heterocycles. The van der Waals surface area contributed by atoms with E-state index in [0.717, 1.165) is 42.9 Å². The van der Waals surface area contributed by atoms with Crippen LogP contribution in [0.4, 0.5) is 15.9 Å². The molecule has 4 rings (SSSR count). The van der Waals surface area contributed by atoms with E-state index in [1.165, 1.54) is 24.9 Å². The van der Waals surface area contributed by atoms with E-state index in [9.17, 15) is 9.18 Å². The number of ether oxygens (including phenoxy) is 1. The molecular weight excluding hydrogens is 407 g/mol. The van der Waals surface area contributed by atoms with Gasteiger partial charge in [0.05, 0.1) is 13.5 Å². The van der Waals surface area contributed by atoms with Gasteiger partial charge in [-0.05, 0) is 54.6 Å². The Morgan fingerprint density at radius 1 is 1.06 bits per heavy atom. The number of piperazine rings is 1. The normalized spacial score (nSPS) is 14.3. The number of benzene rings is 2. The third-order valence-electron chi connectivity index (χ3n) is 5.67. The number of amides is 1. The second-order valence-corrected chi connectivity index (χ2v) is 7.96.